The van der Waals surface area contributed by atoms with Crippen molar-refractivity contribution in [3.8, 4) is 0 Å². The van der Waals surface area contributed by atoms with Crippen molar-refractivity contribution in [2.24, 2.45) is 5.92 Å². The minimum absolute atomic E-state index is 0.157. The van der Waals surface area contributed by atoms with E-state index >= 15 is 0 Å². The van der Waals surface area contributed by atoms with Crippen molar-refractivity contribution in [3.05, 3.63) is 54.6 Å². The molecule has 22 heavy (non-hydrogen) atoms. The fourth-order valence-corrected chi connectivity index (χ4v) is 4.18. The Labute approximate surface area is 131 Å². The molecule has 0 saturated heterocycles. The average molecular weight is 320 g/mol. The van der Waals surface area contributed by atoms with Gasteiger partial charge in [0.1, 0.15) is 0 Å². The van der Waals surface area contributed by atoms with Crippen LogP contribution in [0.2, 0.25) is 0 Å². The van der Waals surface area contributed by atoms with E-state index in [4.69, 9.17) is 4.74 Å². The van der Waals surface area contributed by atoms with Gasteiger partial charge < -0.3 is 4.74 Å². The van der Waals surface area contributed by atoms with Crippen LogP contribution >= 0.6 is 0 Å². The van der Waals surface area contributed by atoms with Gasteiger partial charge in [-0.2, -0.15) is 0 Å². The van der Waals surface area contributed by atoms with Gasteiger partial charge in [-0.3, -0.25) is 4.79 Å². The molecule has 1 aliphatic carbocycles. The van der Waals surface area contributed by atoms with Crippen molar-refractivity contribution < 1.29 is 17.9 Å². The number of hydrogen-bond donors (Lipinski definition) is 0. The number of esters is 1. The first-order chi connectivity index (χ1) is 10.6. The Hall–Kier alpha value is -1.88. The SMILES string of the molecule is COC(=O)C(CCC1C=CC=CC1)S(=O)(=O)c1ccccc1. The number of ether oxygens (including phenoxy) is 1. The number of carbonyl (C=O) groups excluding carboxylic acids is 1. The smallest absolute Gasteiger partial charge is 0.324 e. The van der Waals surface area contributed by atoms with Gasteiger partial charge in [0.05, 0.1) is 12.0 Å². The molecule has 0 fully saturated rings. The summed E-state index contributed by atoms with van der Waals surface area (Å²) in [6.45, 7) is 0. The van der Waals surface area contributed by atoms with Crippen LogP contribution in [0, 0.1) is 5.92 Å². The molecule has 2 atom stereocenters. The highest BCUT2D eigenvalue weighted by molar-refractivity contribution is 7.92. The van der Waals surface area contributed by atoms with Crippen molar-refractivity contribution in [2.75, 3.05) is 7.11 Å². The molecule has 118 valence electrons. The normalized spacial score (nSPS) is 18.9. The molecular formula is C17H20O4S. The number of carbonyl (C=O) groups is 1. The number of hydrogen-bond acceptors (Lipinski definition) is 4. The molecule has 0 radical (unpaired) electrons. The van der Waals surface area contributed by atoms with Gasteiger partial charge in [-0.1, -0.05) is 42.5 Å². The first-order valence-electron chi connectivity index (χ1n) is 7.26. The van der Waals surface area contributed by atoms with Gasteiger partial charge in [-0.15, -0.1) is 0 Å². The fourth-order valence-electron chi connectivity index (χ4n) is 2.52. The van der Waals surface area contributed by atoms with E-state index < -0.39 is 21.1 Å². The lowest BCUT2D eigenvalue weighted by Crippen LogP contribution is -2.32. The summed E-state index contributed by atoms with van der Waals surface area (Å²) >= 11 is 0. The first-order valence-corrected chi connectivity index (χ1v) is 8.80. The summed E-state index contributed by atoms with van der Waals surface area (Å²) in [4.78, 5) is 12.1. The van der Waals surface area contributed by atoms with E-state index in [1.807, 2.05) is 24.3 Å². The van der Waals surface area contributed by atoms with Crippen LogP contribution in [0.15, 0.2) is 59.5 Å². The molecule has 0 bridgehead atoms. The van der Waals surface area contributed by atoms with Crippen LogP contribution in [0.5, 0.6) is 0 Å². The Morgan fingerprint density at radius 2 is 2.00 bits per heavy atom. The molecule has 0 amide bonds. The molecule has 0 saturated carbocycles. The van der Waals surface area contributed by atoms with Crippen LogP contribution in [0.4, 0.5) is 0 Å². The molecule has 0 aromatic heterocycles. The van der Waals surface area contributed by atoms with Gasteiger partial charge in [0, 0.05) is 0 Å². The molecule has 1 aliphatic rings. The Balaban J connectivity index is 2.17. The molecule has 4 nitrogen and oxygen atoms in total. The minimum atomic E-state index is -3.73. The summed E-state index contributed by atoms with van der Waals surface area (Å²) < 4.78 is 30.1. The molecule has 2 rings (SSSR count). The third kappa shape index (κ3) is 3.85. The Morgan fingerprint density at radius 3 is 2.59 bits per heavy atom. The Bertz CT molecular complexity index is 659. The van der Waals surface area contributed by atoms with Gasteiger partial charge >= 0.3 is 5.97 Å². The predicted octanol–water partition coefficient (Wildman–Crippen LogP) is 2.91. The maximum Gasteiger partial charge on any atom is 0.324 e. The number of allylic oxidation sites excluding steroid dienone is 4. The molecule has 5 heteroatoms. The van der Waals surface area contributed by atoms with Gasteiger partial charge in [0.25, 0.3) is 0 Å². The number of rotatable bonds is 6. The quantitative estimate of drug-likeness (QED) is 0.756. The fraction of sp³-hybridized carbons (Fsp3) is 0.353. The second-order valence-electron chi connectivity index (χ2n) is 5.26. The topological polar surface area (TPSA) is 60.4 Å². The zero-order chi connectivity index (χ0) is 16.0. The molecule has 0 N–H and O–H groups in total. The van der Waals surface area contributed by atoms with Crippen molar-refractivity contribution in [1.29, 1.82) is 0 Å². The molecule has 1 aromatic carbocycles. The van der Waals surface area contributed by atoms with Crippen molar-refractivity contribution in [2.45, 2.75) is 29.4 Å². The Kier molecular flexibility index (Phi) is 5.55. The van der Waals surface area contributed by atoms with E-state index in [2.05, 4.69) is 0 Å². The molecule has 2 unspecified atom stereocenters. The number of methoxy groups -OCH3 is 1. The molecule has 1 aromatic rings. The Morgan fingerprint density at radius 1 is 1.27 bits per heavy atom. The van der Waals surface area contributed by atoms with E-state index in [0.29, 0.717) is 6.42 Å². The van der Waals surface area contributed by atoms with E-state index in [-0.39, 0.29) is 17.2 Å². The first kappa shape index (κ1) is 16.5. The van der Waals surface area contributed by atoms with Crippen molar-refractivity contribution in [3.63, 3.8) is 0 Å². The summed E-state index contributed by atoms with van der Waals surface area (Å²) in [5.74, 6) is -0.428. The van der Waals surface area contributed by atoms with E-state index in [9.17, 15) is 13.2 Å². The average Bonchev–Trinajstić information content (AvgIpc) is 2.56. The third-order valence-electron chi connectivity index (χ3n) is 3.78. The van der Waals surface area contributed by atoms with Crippen LogP contribution < -0.4 is 0 Å². The summed E-state index contributed by atoms with van der Waals surface area (Å²) in [6, 6.07) is 8.06. The monoisotopic (exact) mass is 320 g/mol. The highest BCUT2D eigenvalue weighted by Gasteiger charge is 2.34. The van der Waals surface area contributed by atoms with Crippen LogP contribution in [0.3, 0.4) is 0 Å². The van der Waals surface area contributed by atoms with E-state index in [0.717, 1.165) is 6.42 Å². The van der Waals surface area contributed by atoms with E-state index in [1.165, 1.54) is 19.2 Å². The van der Waals surface area contributed by atoms with E-state index in [1.54, 1.807) is 18.2 Å². The largest absolute Gasteiger partial charge is 0.468 e. The second kappa shape index (κ2) is 7.40. The summed E-state index contributed by atoms with van der Waals surface area (Å²) in [6.07, 6.45) is 9.77. The van der Waals surface area contributed by atoms with Crippen molar-refractivity contribution in [1.82, 2.24) is 0 Å². The van der Waals surface area contributed by atoms with Crippen LogP contribution in [0.25, 0.3) is 0 Å². The second-order valence-corrected chi connectivity index (χ2v) is 7.39. The highest BCUT2D eigenvalue weighted by atomic mass is 32.2. The van der Waals surface area contributed by atoms with Gasteiger partial charge in [-0.25, -0.2) is 8.42 Å². The molecule has 0 aliphatic heterocycles. The van der Waals surface area contributed by atoms with Crippen molar-refractivity contribution >= 4 is 15.8 Å². The van der Waals surface area contributed by atoms with Gasteiger partial charge in [-0.05, 0) is 37.3 Å². The minimum Gasteiger partial charge on any atom is -0.468 e. The van der Waals surface area contributed by atoms with Gasteiger partial charge in [0.15, 0.2) is 15.1 Å². The maximum absolute atomic E-state index is 12.7. The zero-order valence-electron chi connectivity index (χ0n) is 12.5. The molecule has 0 heterocycles. The van der Waals surface area contributed by atoms with Gasteiger partial charge in [0.2, 0.25) is 0 Å². The predicted molar refractivity (Wildman–Crippen MR) is 85.1 cm³/mol. The maximum atomic E-state index is 12.7. The molecular weight excluding hydrogens is 300 g/mol. The number of sulfone groups is 1. The molecule has 0 spiro atoms. The summed E-state index contributed by atoms with van der Waals surface area (Å²) in [5.41, 5.74) is 0. The van der Waals surface area contributed by atoms with Crippen LogP contribution in [0.1, 0.15) is 19.3 Å². The zero-order valence-corrected chi connectivity index (χ0v) is 13.3. The highest BCUT2D eigenvalue weighted by Crippen LogP contribution is 2.25. The standard InChI is InChI=1S/C17H20O4S/c1-21-17(18)16(13-12-14-8-4-2-5-9-14)22(19,20)15-10-6-3-7-11-15/h2-8,10-11,14,16H,9,12-13H2,1H3. The van der Waals surface area contributed by atoms with Crippen LogP contribution in [-0.2, 0) is 19.4 Å². The summed E-state index contributed by atoms with van der Waals surface area (Å²) in [7, 11) is -2.51. The number of benzene rings is 1. The lowest BCUT2D eigenvalue weighted by atomic mass is 9.95. The lowest BCUT2D eigenvalue weighted by molar-refractivity contribution is -0.140. The summed E-state index contributed by atoms with van der Waals surface area (Å²) in [5, 5.41) is -1.15. The third-order valence-corrected chi connectivity index (χ3v) is 5.89. The van der Waals surface area contributed by atoms with Crippen LogP contribution in [-0.4, -0.2) is 26.7 Å². The lowest BCUT2D eigenvalue weighted by Gasteiger charge is -2.18.